The summed E-state index contributed by atoms with van der Waals surface area (Å²) in [6.07, 6.45) is 0. The van der Waals surface area contributed by atoms with Crippen molar-refractivity contribution in [2.24, 2.45) is 0 Å². The van der Waals surface area contributed by atoms with E-state index in [4.69, 9.17) is 0 Å². The van der Waals surface area contributed by atoms with Crippen LogP contribution in [0.2, 0.25) is 0 Å². The number of carbonyl (C=O) groups is 4. The van der Waals surface area contributed by atoms with Gasteiger partial charge in [-0.25, -0.2) is 4.79 Å². The Bertz CT molecular complexity index is 606. The highest BCUT2D eigenvalue weighted by atomic mass is 16.2. The Morgan fingerprint density at radius 2 is 1.57 bits per heavy atom. The number of nitrogens with one attached hydrogen (secondary N) is 2. The minimum atomic E-state index is -1.31. The van der Waals surface area contributed by atoms with E-state index < -0.39 is 23.9 Å². The summed E-state index contributed by atoms with van der Waals surface area (Å²) in [4.78, 5) is 47.7. The zero-order valence-corrected chi connectivity index (χ0v) is 11.7. The normalized spacial score (nSPS) is 17.7. The van der Waals surface area contributed by atoms with Crippen molar-refractivity contribution in [2.45, 2.75) is 26.4 Å². The van der Waals surface area contributed by atoms with Crippen LogP contribution in [-0.2, 0) is 16.1 Å². The van der Waals surface area contributed by atoms with Gasteiger partial charge >= 0.3 is 6.03 Å². The van der Waals surface area contributed by atoms with Crippen molar-refractivity contribution in [1.82, 2.24) is 15.5 Å². The second kappa shape index (κ2) is 5.74. The van der Waals surface area contributed by atoms with Gasteiger partial charge in [0.25, 0.3) is 17.7 Å². The molecular weight excluding hydrogens is 274 g/mol. The Morgan fingerprint density at radius 1 is 1.00 bits per heavy atom. The zero-order chi connectivity index (χ0) is 15.6. The van der Waals surface area contributed by atoms with Crippen LogP contribution in [0.4, 0.5) is 4.79 Å². The van der Waals surface area contributed by atoms with Crippen LogP contribution < -0.4 is 10.6 Å². The summed E-state index contributed by atoms with van der Waals surface area (Å²) in [6.45, 7) is 4.18. The predicted molar refractivity (Wildman–Crippen MR) is 73.1 cm³/mol. The Hall–Kier alpha value is -2.70. The van der Waals surface area contributed by atoms with Crippen molar-refractivity contribution < 1.29 is 19.2 Å². The van der Waals surface area contributed by atoms with Gasteiger partial charge in [0.1, 0.15) is 0 Å². The third-order valence-electron chi connectivity index (χ3n) is 3.13. The molecular formula is C14H15N3O4. The van der Waals surface area contributed by atoms with Gasteiger partial charge in [0.05, 0.1) is 0 Å². The molecule has 7 nitrogen and oxygen atoms in total. The number of carbonyl (C=O) groups excluding carboxylic acids is 4. The SMILES string of the molecule is CC.O=C1NC(=O)C(N2Cc3ccccc3C2=O)C(=O)N1. The molecule has 0 aromatic heterocycles. The first kappa shape index (κ1) is 14.7. The number of rotatable bonds is 1. The fourth-order valence-electron chi connectivity index (χ4n) is 2.28. The monoisotopic (exact) mass is 289 g/mol. The first-order chi connectivity index (χ1) is 10.1. The summed E-state index contributed by atoms with van der Waals surface area (Å²) in [5.41, 5.74) is 1.23. The molecule has 1 aromatic carbocycles. The maximum Gasteiger partial charge on any atom is 0.328 e. The highest BCUT2D eigenvalue weighted by Gasteiger charge is 2.44. The number of urea groups is 1. The second-order valence-corrected chi connectivity index (χ2v) is 4.30. The maximum atomic E-state index is 12.1. The van der Waals surface area contributed by atoms with E-state index in [0.717, 1.165) is 10.5 Å². The minimum absolute atomic E-state index is 0.175. The molecule has 1 saturated heterocycles. The Labute approximate surface area is 121 Å². The summed E-state index contributed by atoms with van der Waals surface area (Å²) < 4.78 is 0. The molecule has 110 valence electrons. The average molecular weight is 289 g/mol. The number of barbiturate groups is 1. The van der Waals surface area contributed by atoms with E-state index in [9.17, 15) is 19.2 Å². The minimum Gasteiger partial charge on any atom is -0.314 e. The number of fused-ring (bicyclic) bond motifs is 1. The van der Waals surface area contributed by atoms with Gasteiger partial charge in [0.2, 0.25) is 0 Å². The van der Waals surface area contributed by atoms with E-state index >= 15 is 0 Å². The second-order valence-electron chi connectivity index (χ2n) is 4.30. The quantitative estimate of drug-likeness (QED) is 0.732. The van der Waals surface area contributed by atoms with Crippen molar-refractivity contribution in [3.05, 3.63) is 35.4 Å². The van der Waals surface area contributed by atoms with Crippen molar-refractivity contribution in [3.63, 3.8) is 0 Å². The Balaban J connectivity index is 0.000000774. The first-order valence-electron chi connectivity index (χ1n) is 6.62. The van der Waals surface area contributed by atoms with Gasteiger partial charge in [0, 0.05) is 12.1 Å². The lowest BCUT2D eigenvalue weighted by Crippen LogP contribution is -2.64. The third kappa shape index (κ3) is 2.49. The molecule has 21 heavy (non-hydrogen) atoms. The number of nitrogens with zero attached hydrogens (tertiary/aromatic N) is 1. The summed E-state index contributed by atoms with van der Waals surface area (Å²) >= 11 is 0. The van der Waals surface area contributed by atoms with E-state index in [1.54, 1.807) is 24.3 Å². The maximum absolute atomic E-state index is 12.1. The molecule has 2 aliphatic heterocycles. The lowest BCUT2D eigenvalue weighted by molar-refractivity contribution is -0.136. The fraction of sp³-hybridized carbons (Fsp3) is 0.286. The average Bonchev–Trinajstić information content (AvgIpc) is 2.78. The molecule has 3 rings (SSSR count). The molecule has 0 unspecified atom stereocenters. The van der Waals surface area contributed by atoms with Crippen molar-refractivity contribution >= 4 is 23.8 Å². The van der Waals surface area contributed by atoms with E-state index in [1.807, 2.05) is 24.5 Å². The Morgan fingerprint density at radius 3 is 2.14 bits per heavy atom. The summed E-state index contributed by atoms with van der Waals surface area (Å²) in [5, 5.41) is 3.96. The van der Waals surface area contributed by atoms with Crippen molar-refractivity contribution in [3.8, 4) is 0 Å². The molecule has 0 atom stereocenters. The highest BCUT2D eigenvalue weighted by molar-refractivity contribution is 6.20. The van der Waals surface area contributed by atoms with Gasteiger partial charge < -0.3 is 4.90 Å². The molecule has 7 heteroatoms. The highest BCUT2D eigenvalue weighted by Crippen LogP contribution is 2.24. The largest absolute Gasteiger partial charge is 0.328 e. The van der Waals surface area contributed by atoms with Crippen LogP contribution in [0.3, 0.4) is 0 Å². The van der Waals surface area contributed by atoms with Crippen LogP contribution in [0.15, 0.2) is 24.3 Å². The van der Waals surface area contributed by atoms with Crippen LogP contribution in [-0.4, -0.2) is 34.7 Å². The molecule has 2 aliphatic rings. The predicted octanol–water partition coefficient (Wildman–Crippen LogP) is 0.403. The molecule has 2 heterocycles. The van der Waals surface area contributed by atoms with E-state index in [1.165, 1.54) is 0 Å². The van der Waals surface area contributed by atoms with Gasteiger partial charge in [-0.15, -0.1) is 0 Å². The number of hydrogen-bond acceptors (Lipinski definition) is 4. The topological polar surface area (TPSA) is 95.6 Å². The van der Waals surface area contributed by atoms with Gasteiger partial charge in [-0.3, -0.25) is 25.0 Å². The van der Waals surface area contributed by atoms with E-state index in [2.05, 4.69) is 0 Å². The summed E-state index contributed by atoms with van der Waals surface area (Å²) in [6, 6.07) is 4.72. The van der Waals surface area contributed by atoms with Gasteiger partial charge in [-0.05, 0) is 11.6 Å². The van der Waals surface area contributed by atoms with Crippen LogP contribution in [0, 0.1) is 0 Å². The fourth-order valence-corrected chi connectivity index (χ4v) is 2.28. The smallest absolute Gasteiger partial charge is 0.314 e. The molecule has 5 amide bonds. The molecule has 0 saturated carbocycles. The van der Waals surface area contributed by atoms with Gasteiger partial charge in [0.15, 0.2) is 6.04 Å². The van der Waals surface area contributed by atoms with Crippen LogP contribution in [0.25, 0.3) is 0 Å². The van der Waals surface area contributed by atoms with Gasteiger partial charge in [-0.1, -0.05) is 32.0 Å². The van der Waals surface area contributed by atoms with Crippen LogP contribution in [0.5, 0.6) is 0 Å². The van der Waals surface area contributed by atoms with Crippen LogP contribution in [0.1, 0.15) is 29.8 Å². The van der Waals surface area contributed by atoms with Crippen molar-refractivity contribution in [1.29, 1.82) is 0 Å². The molecule has 0 aliphatic carbocycles. The molecule has 1 aromatic rings. The number of hydrogen-bond donors (Lipinski definition) is 2. The molecule has 0 bridgehead atoms. The lowest BCUT2D eigenvalue weighted by Gasteiger charge is -2.28. The number of amides is 5. The molecule has 0 spiro atoms. The molecule has 0 radical (unpaired) electrons. The zero-order valence-electron chi connectivity index (χ0n) is 11.7. The van der Waals surface area contributed by atoms with Gasteiger partial charge in [-0.2, -0.15) is 0 Å². The lowest BCUT2D eigenvalue weighted by atomic mass is 10.1. The molecule has 1 fully saturated rings. The number of imide groups is 2. The summed E-state index contributed by atoms with van der Waals surface area (Å²) in [7, 11) is 0. The number of benzene rings is 1. The van der Waals surface area contributed by atoms with Crippen LogP contribution >= 0.6 is 0 Å². The first-order valence-corrected chi connectivity index (χ1v) is 6.62. The van der Waals surface area contributed by atoms with Crippen molar-refractivity contribution in [2.75, 3.05) is 0 Å². The molecule has 2 N–H and O–H groups in total. The third-order valence-corrected chi connectivity index (χ3v) is 3.13. The van der Waals surface area contributed by atoms with E-state index in [-0.39, 0.29) is 12.5 Å². The van der Waals surface area contributed by atoms with E-state index in [0.29, 0.717) is 5.56 Å². The summed E-state index contributed by atoms with van der Waals surface area (Å²) in [5.74, 6) is -1.95. The standard InChI is InChI=1S/C12H9N3O4.C2H6/c16-9-8(10(17)14-12(19)13-9)15-5-6-3-1-2-4-7(6)11(15)18;1-2/h1-4,8H,5H2,(H2,13,14,16,17,19);1-2H3. The Kier molecular flexibility index (Phi) is 4.02.